The number of hydrogen-bond acceptors (Lipinski definition) is 4. The molecule has 1 atom stereocenters. The van der Waals surface area contributed by atoms with Gasteiger partial charge in [0.2, 0.25) is 0 Å². The molecule has 0 aliphatic rings. The van der Waals surface area contributed by atoms with Crippen LogP contribution in [-0.4, -0.2) is 24.4 Å². The van der Waals surface area contributed by atoms with E-state index in [0.29, 0.717) is 5.56 Å². The number of aromatic hydroxyl groups is 2. The van der Waals surface area contributed by atoms with Crippen LogP contribution in [0.5, 0.6) is 17.2 Å². The lowest BCUT2D eigenvalue weighted by molar-refractivity contribution is 0.411. The summed E-state index contributed by atoms with van der Waals surface area (Å²) < 4.78 is 5.35. The highest BCUT2D eigenvalue weighted by atomic mass is 16.5. The van der Waals surface area contributed by atoms with Crippen LogP contribution in [0.15, 0.2) is 42.5 Å². The average Bonchev–Trinajstić information content (AvgIpc) is 2.46. The Balaban J connectivity index is 2.40. The van der Waals surface area contributed by atoms with Gasteiger partial charge in [-0.1, -0.05) is 18.2 Å². The number of benzene rings is 2. The molecule has 4 nitrogen and oxygen atoms in total. The minimum absolute atomic E-state index is 0.0826. The summed E-state index contributed by atoms with van der Waals surface area (Å²) in [6.45, 7) is 1.92. The van der Waals surface area contributed by atoms with Crippen molar-refractivity contribution in [2.75, 3.05) is 19.1 Å². The maximum Gasteiger partial charge on any atom is 0.142 e. The topological polar surface area (TPSA) is 52.9 Å². The van der Waals surface area contributed by atoms with Gasteiger partial charge in [0.15, 0.2) is 0 Å². The van der Waals surface area contributed by atoms with Crippen LogP contribution >= 0.6 is 0 Å². The molecule has 0 heterocycles. The van der Waals surface area contributed by atoms with E-state index in [1.165, 1.54) is 0 Å². The van der Waals surface area contributed by atoms with Crippen molar-refractivity contribution in [1.29, 1.82) is 0 Å². The maximum absolute atomic E-state index is 9.97. The van der Waals surface area contributed by atoms with Crippen LogP contribution in [-0.2, 0) is 0 Å². The first kappa shape index (κ1) is 14.1. The number of phenolic OH excluding ortho intramolecular Hbond substituents is 2. The molecule has 1 unspecified atom stereocenters. The highest BCUT2D eigenvalue weighted by Crippen LogP contribution is 2.39. The molecule has 2 N–H and O–H groups in total. The molecule has 0 aromatic heterocycles. The van der Waals surface area contributed by atoms with Gasteiger partial charge in [0.1, 0.15) is 17.2 Å². The smallest absolute Gasteiger partial charge is 0.142 e. The van der Waals surface area contributed by atoms with Gasteiger partial charge in [0.25, 0.3) is 0 Å². The summed E-state index contributed by atoms with van der Waals surface area (Å²) in [5.74, 6) is 0.912. The zero-order valence-corrected chi connectivity index (χ0v) is 11.9. The van der Waals surface area contributed by atoms with Crippen LogP contribution in [0.2, 0.25) is 0 Å². The van der Waals surface area contributed by atoms with Gasteiger partial charge < -0.3 is 19.8 Å². The highest BCUT2D eigenvalue weighted by Gasteiger charge is 2.21. The lowest BCUT2D eigenvalue weighted by Crippen LogP contribution is -2.22. The molecule has 0 saturated carbocycles. The first-order valence-electron chi connectivity index (χ1n) is 6.43. The van der Waals surface area contributed by atoms with E-state index >= 15 is 0 Å². The Morgan fingerprint density at radius 2 is 1.60 bits per heavy atom. The molecule has 20 heavy (non-hydrogen) atoms. The number of nitrogens with zero attached hydrogens (tertiary/aromatic N) is 1. The van der Waals surface area contributed by atoms with Crippen molar-refractivity contribution in [1.82, 2.24) is 0 Å². The van der Waals surface area contributed by atoms with Crippen molar-refractivity contribution in [2.45, 2.75) is 13.0 Å². The third-order valence-corrected chi connectivity index (χ3v) is 3.52. The van der Waals surface area contributed by atoms with Crippen LogP contribution in [0.25, 0.3) is 0 Å². The van der Waals surface area contributed by atoms with Crippen LogP contribution in [0.3, 0.4) is 0 Å². The van der Waals surface area contributed by atoms with Gasteiger partial charge in [0.05, 0.1) is 24.4 Å². The normalized spacial score (nSPS) is 11.9. The van der Waals surface area contributed by atoms with E-state index in [1.807, 2.05) is 43.1 Å². The molecule has 0 aliphatic heterocycles. The predicted molar refractivity (Wildman–Crippen MR) is 79.6 cm³/mol. The van der Waals surface area contributed by atoms with Crippen molar-refractivity contribution in [2.24, 2.45) is 0 Å². The van der Waals surface area contributed by atoms with Crippen LogP contribution in [0.4, 0.5) is 5.69 Å². The minimum Gasteiger partial charge on any atom is -0.507 e. The van der Waals surface area contributed by atoms with Gasteiger partial charge in [-0.2, -0.15) is 0 Å². The van der Waals surface area contributed by atoms with Crippen molar-refractivity contribution in [3.05, 3.63) is 48.0 Å². The average molecular weight is 273 g/mol. The first-order chi connectivity index (χ1) is 9.56. The fourth-order valence-electron chi connectivity index (χ4n) is 2.29. The van der Waals surface area contributed by atoms with Gasteiger partial charge in [-0.05, 0) is 31.2 Å². The molecule has 0 spiro atoms. The van der Waals surface area contributed by atoms with E-state index in [9.17, 15) is 10.2 Å². The summed E-state index contributed by atoms with van der Waals surface area (Å²) in [6.07, 6.45) is 0. The molecular formula is C16H19NO3. The Labute approximate surface area is 118 Å². The van der Waals surface area contributed by atoms with Crippen LogP contribution < -0.4 is 9.64 Å². The van der Waals surface area contributed by atoms with E-state index in [0.717, 1.165) is 11.4 Å². The van der Waals surface area contributed by atoms with E-state index in [-0.39, 0.29) is 17.5 Å². The minimum atomic E-state index is -0.201. The van der Waals surface area contributed by atoms with Gasteiger partial charge in [0, 0.05) is 7.05 Å². The summed E-state index contributed by atoms with van der Waals surface area (Å²) in [4.78, 5) is 1.95. The van der Waals surface area contributed by atoms with E-state index in [2.05, 4.69) is 0 Å². The second-order valence-corrected chi connectivity index (χ2v) is 4.67. The molecule has 0 fully saturated rings. The lowest BCUT2D eigenvalue weighted by atomic mass is 10.0. The summed E-state index contributed by atoms with van der Waals surface area (Å²) in [5, 5.41) is 19.9. The number of para-hydroxylation sites is 2. The molecular weight excluding hydrogens is 254 g/mol. The third-order valence-electron chi connectivity index (χ3n) is 3.52. The second kappa shape index (κ2) is 5.74. The number of rotatable bonds is 4. The molecule has 4 heteroatoms. The Morgan fingerprint density at radius 1 is 1.00 bits per heavy atom. The Bertz CT molecular complexity index is 578. The molecule has 0 amide bonds. The van der Waals surface area contributed by atoms with Crippen molar-refractivity contribution in [3.63, 3.8) is 0 Å². The van der Waals surface area contributed by atoms with Crippen molar-refractivity contribution >= 4 is 5.69 Å². The van der Waals surface area contributed by atoms with Gasteiger partial charge in [-0.15, -0.1) is 0 Å². The summed E-state index contributed by atoms with van der Waals surface area (Å²) >= 11 is 0. The van der Waals surface area contributed by atoms with Crippen LogP contribution in [0, 0.1) is 0 Å². The fraction of sp³-hybridized carbons (Fsp3) is 0.250. The van der Waals surface area contributed by atoms with E-state index in [1.54, 1.807) is 25.3 Å². The highest BCUT2D eigenvalue weighted by molar-refractivity contribution is 5.60. The van der Waals surface area contributed by atoms with Crippen LogP contribution in [0.1, 0.15) is 18.5 Å². The monoisotopic (exact) mass is 273 g/mol. The second-order valence-electron chi connectivity index (χ2n) is 4.67. The lowest BCUT2D eigenvalue weighted by Gasteiger charge is -2.29. The largest absolute Gasteiger partial charge is 0.507 e. The standard InChI is InChI=1S/C16H19NO3/c1-11(16-13(18)8-6-9-14(16)19)17(2)12-7-4-5-10-15(12)20-3/h4-11,18-19H,1-3H3. The fourth-order valence-corrected chi connectivity index (χ4v) is 2.29. The van der Waals surface area contributed by atoms with Crippen molar-refractivity contribution < 1.29 is 14.9 Å². The molecule has 2 rings (SSSR count). The predicted octanol–water partition coefficient (Wildman–Crippen LogP) is 3.30. The van der Waals surface area contributed by atoms with Gasteiger partial charge >= 0.3 is 0 Å². The SMILES string of the molecule is COc1ccccc1N(C)C(C)c1c(O)cccc1O. The summed E-state index contributed by atoms with van der Waals surface area (Å²) in [5.41, 5.74) is 1.39. The van der Waals surface area contributed by atoms with E-state index < -0.39 is 0 Å². The number of hydrogen-bond donors (Lipinski definition) is 2. The Hall–Kier alpha value is -2.36. The van der Waals surface area contributed by atoms with Crippen molar-refractivity contribution in [3.8, 4) is 17.2 Å². The zero-order chi connectivity index (χ0) is 14.7. The third kappa shape index (κ3) is 2.50. The summed E-state index contributed by atoms with van der Waals surface area (Å²) in [7, 11) is 3.52. The molecule has 2 aromatic carbocycles. The molecule has 2 aromatic rings. The van der Waals surface area contributed by atoms with Gasteiger partial charge in [-0.25, -0.2) is 0 Å². The molecule has 106 valence electrons. The van der Waals surface area contributed by atoms with E-state index in [4.69, 9.17) is 4.74 Å². The molecule has 0 aliphatic carbocycles. The van der Waals surface area contributed by atoms with Gasteiger partial charge in [-0.3, -0.25) is 0 Å². The maximum atomic E-state index is 9.97. The first-order valence-corrected chi connectivity index (χ1v) is 6.43. The number of phenols is 2. The summed E-state index contributed by atoms with van der Waals surface area (Å²) in [6, 6.07) is 12.2. The molecule has 0 saturated heterocycles. The molecule has 0 radical (unpaired) electrons. The molecule has 0 bridgehead atoms. The Morgan fingerprint density at radius 3 is 2.20 bits per heavy atom. The number of methoxy groups -OCH3 is 1. The number of anilines is 1. The zero-order valence-electron chi connectivity index (χ0n) is 11.9. The Kier molecular flexibility index (Phi) is 4.03. The quantitative estimate of drug-likeness (QED) is 0.897. The number of ether oxygens (including phenoxy) is 1.